The largest absolute Gasteiger partial charge is 0.395 e. The van der Waals surface area contributed by atoms with Gasteiger partial charge in [-0.3, -0.25) is 9.69 Å². The fourth-order valence-corrected chi connectivity index (χ4v) is 2.47. The van der Waals surface area contributed by atoms with Crippen LogP contribution in [0.3, 0.4) is 0 Å². The second kappa shape index (κ2) is 9.28. The molecule has 1 heterocycles. The Hall–Kier alpha value is -0.650. The fraction of sp³-hybridized carbons (Fsp3) is 0.929. The van der Waals surface area contributed by atoms with Gasteiger partial charge in [-0.15, -0.1) is 0 Å². The van der Waals surface area contributed by atoms with Crippen molar-refractivity contribution in [3.8, 4) is 0 Å². The number of hydrogen-bond donors (Lipinski definition) is 3. The third kappa shape index (κ3) is 5.89. The van der Waals surface area contributed by atoms with Crippen LogP contribution in [0, 0.1) is 0 Å². The molecule has 1 fully saturated rings. The van der Waals surface area contributed by atoms with Crippen LogP contribution in [-0.2, 0) is 4.79 Å². The number of aliphatic hydroxyl groups excluding tert-OH is 1. The van der Waals surface area contributed by atoms with E-state index in [-0.39, 0.29) is 18.6 Å². The van der Waals surface area contributed by atoms with Gasteiger partial charge in [-0.05, 0) is 32.7 Å². The minimum Gasteiger partial charge on any atom is -0.395 e. The molecule has 1 saturated heterocycles. The second-order valence-electron chi connectivity index (χ2n) is 5.33. The molecule has 1 amide bonds. The summed E-state index contributed by atoms with van der Waals surface area (Å²) in [6, 6.07) is 0.281. The standard InChI is InChI=1S/C14H29N3O2/c1-3-4-7-16-14(19)12(2)17(9-10-18)11-13-6-5-8-15-13/h12-13,15,18H,3-11H2,1-2H3,(H,16,19). The lowest BCUT2D eigenvalue weighted by atomic mass is 10.1. The molecule has 3 N–H and O–H groups in total. The molecule has 0 bridgehead atoms. The topological polar surface area (TPSA) is 64.6 Å². The molecule has 19 heavy (non-hydrogen) atoms. The Morgan fingerprint density at radius 2 is 2.37 bits per heavy atom. The summed E-state index contributed by atoms with van der Waals surface area (Å²) in [7, 11) is 0. The van der Waals surface area contributed by atoms with E-state index in [1.54, 1.807) is 0 Å². The van der Waals surface area contributed by atoms with Crippen molar-refractivity contribution in [2.75, 3.05) is 32.8 Å². The normalized spacial score (nSPS) is 20.7. The first-order valence-corrected chi connectivity index (χ1v) is 7.55. The highest BCUT2D eigenvalue weighted by Gasteiger charge is 2.24. The number of rotatable bonds is 9. The Labute approximate surface area is 116 Å². The van der Waals surface area contributed by atoms with Gasteiger partial charge < -0.3 is 15.7 Å². The summed E-state index contributed by atoms with van der Waals surface area (Å²) in [6.07, 6.45) is 4.46. The van der Waals surface area contributed by atoms with E-state index in [0.29, 0.717) is 12.6 Å². The summed E-state index contributed by atoms with van der Waals surface area (Å²) >= 11 is 0. The maximum atomic E-state index is 12.1. The minimum atomic E-state index is -0.175. The van der Waals surface area contributed by atoms with E-state index < -0.39 is 0 Å². The Bertz CT molecular complexity index is 255. The number of carbonyl (C=O) groups excluding carboxylic acids is 1. The molecule has 1 rings (SSSR count). The van der Waals surface area contributed by atoms with E-state index in [9.17, 15) is 4.79 Å². The fourth-order valence-electron chi connectivity index (χ4n) is 2.47. The van der Waals surface area contributed by atoms with Crippen molar-refractivity contribution in [2.24, 2.45) is 0 Å². The SMILES string of the molecule is CCCCNC(=O)C(C)N(CCO)CC1CCCN1. The van der Waals surface area contributed by atoms with Crippen LogP contribution < -0.4 is 10.6 Å². The van der Waals surface area contributed by atoms with Gasteiger partial charge in [-0.25, -0.2) is 0 Å². The Morgan fingerprint density at radius 3 is 2.95 bits per heavy atom. The summed E-state index contributed by atoms with van der Waals surface area (Å²) in [5.41, 5.74) is 0. The summed E-state index contributed by atoms with van der Waals surface area (Å²) in [6.45, 7) is 7.33. The highest BCUT2D eigenvalue weighted by molar-refractivity contribution is 5.81. The molecule has 1 aliphatic rings. The zero-order chi connectivity index (χ0) is 14.1. The molecule has 1 aliphatic heterocycles. The van der Waals surface area contributed by atoms with E-state index >= 15 is 0 Å². The van der Waals surface area contributed by atoms with Gasteiger partial charge in [-0.1, -0.05) is 13.3 Å². The highest BCUT2D eigenvalue weighted by Crippen LogP contribution is 2.09. The smallest absolute Gasteiger partial charge is 0.237 e. The van der Waals surface area contributed by atoms with Crippen LogP contribution in [0.5, 0.6) is 0 Å². The lowest BCUT2D eigenvalue weighted by molar-refractivity contribution is -0.126. The van der Waals surface area contributed by atoms with Crippen LogP contribution >= 0.6 is 0 Å². The number of nitrogens with zero attached hydrogens (tertiary/aromatic N) is 1. The number of carbonyl (C=O) groups is 1. The van der Waals surface area contributed by atoms with Crippen molar-refractivity contribution in [2.45, 2.75) is 51.6 Å². The molecule has 0 aromatic heterocycles. The molecule has 0 aliphatic carbocycles. The van der Waals surface area contributed by atoms with Gasteiger partial charge in [0.05, 0.1) is 12.6 Å². The lowest BCUT2D eigenvalue weighted by Crippen LogP contribution is -2.50. The monoisotopic (exact) mass is 271 g/mol. The van der Waals surface area contributed by atoms with E-state index in [0.717, 1.165) is 38.9 Å². The van der Waals surface area contributed by atoms with E-state index in [2.05, 4.69) is 22.5 Å². The van der Waals surface area contributed by atoms with Crippen molar-refractivity contribution in [1.29, 1.82) is 0 Å². The first-order chi connectivity index (χ1) is 9.19. The van der Waals surface area contributed by atoms with E-state index in [4.69, 9.17) is 5.11 Å². The molecule has 5 nitrogen and oxygen atoms in total. The number of hydrogen-bond acceptors (Lipinski definition) is 4. The average molecular weight is 271 g/mol. The van der Waals surface area contributed by atoms with E-state index in [1.165, 1.54) is 6.42 Å². The van der Waals surface area contributed by atoms with Crippen LogP contribution in [0.25, 0.3) is 0 Å². The van der Waals surface area contributed by atoms with Crippen molar-refractivity contribution in [3.63, 3.8) is 0 Å². The quantitative estimate of drug-likeness (QED) is 0.529. The third-order valence-electron chi connectivity index (χ3n) is 3.76. The summed E-state index contributed by atoms with van der Waals surface area (Å²) < 4.78 is 0. The molecule has 2 atom stereocenters. The maximum absolute atomic E-state index is 12.1. The van der Waals surface area contributed by atoms with Crippen LogP contribution in [0.2, 0.25) is 0 Å². The van der Waals surface area contributed by atoms with Crippen molar-refractivity contribution < 1.29 is 9.90 Å². The Kier molecular flexibility index (Phi) is 8.02. The van der Waals surface area contributed by atoms with Gasteiger partial charge in [0.15, 0.2) is 0 Å². The molecule has 0 aromatic rings. The molecular formula is C14H29N3O2. The molecule has 0 aromatic carbocycles. The van der Waals surface area contributed by atoms with Gasteiger partial charge in [0, 0.05) is 25.7 Å². The molecule has 5 heteroatoms. The molecular weight excluding hydrogens is 242 g/mol. The first-order valence-electron chi connectivity index (χ1n) is 7.55. The minimum absolute atomic E-state index is 0.0693. The molecule has 2 unspecified atom stereocenters. The van der Waals surface area contributed by atoms with Gasteiger partial charge in [-0.2, -0.15) is 0 Å². The average Bonchev–Trinajstić information content (AvgIpc) is 2.90. The van der Waals surface area contributed by atoms with Crippen molar-refractivity contribution in [1.82, 2.24) is 15.5 Å². The summed E-state index contributed by atoms with van der Waals surface area (Å²) in [4.78, 5) is 14.1. The number of unbranched alkanes of at least 4 members (excludes halogenated alkanes) is 1. The maximum Gasteiger partial charge on any atom is 0.237 e. The van der Waals surface area contributed by atoms with Crippen molar-refractivity contribution in [3.05, 3.63) is 0 Å². The lowest BCUT2D eigenvalue weighted by Gasteiger charge is -2.30. The highest BCUT2D eigenvalue weighted by atomic mass is 16.3. The Balaban J connectivity index is 2.41. The number of aliphatic hydroxyl groups is 1. The predicted molar refractivity (Wildman–Crippen MR) is 77.1 cm³/mol. The first kappa shape index (κ1) is 16.4. The van der Waals surface area contributed by atoms with Gasteiger partial charge >= 0.3 is 0 Å². The zero-order valence-electron chi connectivity index (χ0n) is 12.3. The van der Waals surface area contributed by atoms with Crippen LogP contribution in [0.1, 0.15) is 39.5 Å². The predicted octanol–water partition coefficient (Wildman–Crippen LogP) is 0.338. The summed E-state index contributed by atoms with van der Waals surface area (Å²) in [5, 5.41) is 15.6. The van der Waals surface area contributed by atoms with Crippen LogP contribution in [0.4, 0.5) is 0 Å². The van der Waals surface area contributed by atoms with E-state index in [1.807, 2.05) is 6.92 Å². The molecule has 0 spiro atoms. The summed E-state index contributed by atoms with van der Waals surface area (Å²) in [5.74, 6) is 0.0693. The third-order valence-corrected chi connectivity index (χ3v) is 3.76. The number of nitrogens with one attached hydrogen (secondary N) is 2. The Morgan fingerprint density at radius 1 is 1.58 bits per heavy atom. The van der Waals surface area contributed by atoms with Gasteiger partial charge in [0.1, 0.15) is 0 Å². The van der Waals surface area contributed by atoms with Gasteiger partial charge in [0.2, 0.25) is 5.91 Å². The second-order valence-corrected chi connectivity index (χ2v) is 5.33. The molecule has 0 radical (unpaired) electrons. The number of amides is 1. The van der Waals surface area contributed by atoms with Crippen molar-refractivity contribution >= 4 is 5.91 Å². The van der Waals surface area contributed by atoms with Gasteiger partial charge in [0.25, 0.3) is 0 Å². The molecule has 0 saturated carbocycles. The zero-order valence-corrected chi connectivity index (χ0v) is 12.3. The van der Waals surface area contributed by atoms with Crippen LogP contribution in [0.15, 0.2) is 0 Å². The van der Waals surface area contributed by atoms with Crippen LogP contribution in [-0.4, -0.2) is 60.8 Å². The molecule has 112 valence electrons.